The number of benzene rings is 2. The Morgan fingerprint density at radius 2 is 1.89 bits per heavy atom. The van der Waals surface area contributed by atoms with Crippen LogP contribution < -0.4 is 15.5 Å². The van der Waals surface area contributed by atoms with E-state index in [2.05, 4.69) is 33.5 Å². The van der Waals surface area contributed by atoms with E-state index in [1.54, 1.807) is 6.20 Å². The summed E-state index contributed by atoms with van der Waals surface area (Å²) in [5.74, 6) is 0.816. The third-order valence-corrected chi connectivity index (χ3v) is 6.54. The first kappa shape index (κ1) is 25.5. The Balaban J connectivity index is 1.32. The van der Waals surface area contributed by atoms with Crippen molar-refractivity contribution < 1.29 is 14.0 Å². The van der Waals surface area contributed by atoms with Gasteiger partial charge in [0.15, 0.2) is 11.7 Å². The van der Waals surface area contributed by atoms with Gasteiger partial charge in [0.1, 0.15) is 6.04 Å². The van der Waals surface area contributed by atoms with Crippen LogP contribution in [0.25, 0.3) is 11.3 Å². The molecule has 1 aliphatic rings. The van der Waals surface area contributed by atoms with Gasteiger partial charge >= 0.3 is 0 Å². The summed E-state index contributed by atoms with van der Waals surface area (Å²) < 4.78 is 5.84. The van der Waals surface area contributed by atoms with Gasteiger partial charge in [0.05, 0.1) is 6.20 Å². The zero-order valence-electron chi connectivity index (χ0n) is 21.3. The van der Waals surface area contributed by atoms with E-state index in [9.17, 15) is 9.59 Å². The normalized spacial score (nSPS) is 14.0. The maximum Gasteiger partial charge on any atom is 0.246 e. The summed E-state index contributed by atoms with van der Waals surface area (Å²) in [6.45, 7) is 6.20. The number of aryl methyl sites for hydroxylation is 2. The number of aromatic nitrogens is 1. The third-order valence-electron chi connectivity index (χ3n) is 6.54. The lowest BCUT2D eigenvalue weighted by Crippen LogP contribution is -2.43. The second-order valence-electron chi connectivity index (χ2n) is 9.48. The summed E-state index contributed by atoms with van der Waals surface area (Å²) >= 11 is 0. The SMILES string of the molecule is CCCCC(NC(=O)CCc1ncc(-c2ccc(C)cc2)o1)C(=O)Nc1cccc(N2CCCC2)c1. The van der Waals surface area contributed by atoms with Crippen molar-refractivity contribution in [3.63, 3.8) is 0 Å². The largest absolute Gasteiger partial charge is 0.441 e. The Kier molecular flexibility index (Phi) is 8.76. The van der Waals surface area contributed by atoms with Crippen molar-refractivity contribution in [3.8, 4) is 11.3 Å². The molecule has 7 heteroatoms. The minimum Gasteiger partial charge on any atom is -0.441 e. The van der Waals surface area contributed by atoms with Gasteiger partial charge in [0, 0.05) is 42.9 Å². The molecule has 1 unspecified atom stereocenters. The summed E-state index contributed by atoms with van der Waals surface area (Å²) in [5, 5.41) is 5.93. The van der Waals surface area contributed by atoms with E-state index in [0.29, 0.717) is 24.5 Å². The van der Waals surface area contributed by atoms with Gasteiger partial charge in [-0.3, -0.25) is 9.59 Å². The summed E-state index contributed by atoms with van der Waals surface area (Å²) in [7, 11) is 0. The van der Waals surface area contributed by atoms with Crippen LogP contribution in [0.5, 0.6) is 0 Å². The maximum absolute atomic E-state index is 13.1. The fourth-order valence-corrected chi connectivity index (χ4v) is 4.43. The highest BCUT2D eigenvalue weighted by Crippen LogP contribution is 2.24. The number of amides is 2. The first-order chi connectivity index (χ1) is 17.5. The fourth-order valence-electron chi connectivity index (χ4n) is 4.43. The number of carbonyl (C=O) groups is 2. The smallest absolute Gasteiger partial charge is 0.246 e. The van der Waals surface area contributed by atoms with Crippen LogP contribution in [-0.2, 0) is 16.0 Å². The Bertz CT molecular complexity index is 1150. The van der Waals surface area contributed by atoms with Crippen LogP contribution in [0.15, 0.2) is 59.1 Å². The van der Waals surface area contributed by atoms with Crippen LogP contribution >= 0.6 is 0 Å². The average molecular weight is 489 g/mol. The standard InChI is InChI=1S/C29H36N4O3/c1-3-4-10-25(29(35)31-23-8-7-9-24(19-23)33-17-5-6-18-33)32-27(34)15-16-28-30-20-26(36-28)22-13-11-21(2)12-14-22/h7-9,11-14,19-20,25H,3-6,10,15-18H2,1-2H3,(H,31,35)(H,32,34). The second kappa shape index (κ2) is 12.4. The zero-order chi connectivity index (χ0) is 25.3. The lowest BCUT2D eigenvalue weighted by atomic mass is 10.1. The van der Waals surface area contributed by atoms with Gasteiger partial charge < -0.3 is 20.0 Å². The van der Waals surface area contributed by atoms with Crippen molar-refractivity contribution in [2.45, 2.75) is 64.8 Å². The number of nitrogens with zero attached hydrogens (tertiary/aromatic N) is 2. The lowest BCUT2D eigenvalue weighted by Gasteiger charge is -2.20. The Morgan fingerprint density at radius 1 is 1.11 bits per heavy atom. The van der Waals surface area contributed by atoms with Crippen LogP contribution in [0.2, 0.25) is 0 Å². The molecule has 1 atom stereocenters. The molecule has 2 amide bonds. The van der Waals surface area contributed by atoms with Crippen molar-refractivity contribution in [2.24, 2.45) is 0 Å². The molecule has 1 fully saturated rings. The van der Waals surface area contributed by atoms with E-state index >= 15 is 0 Å². The number of carbonyl (C=O) groups excluding carboxylic acids is 2. The van der Waals surface area contributed by atoms with Crippen LogP contribution in [0.4, 0.5) is 11.4 Å². The van der Waals surface area contributed by atoms with E-state index in [1.807, 2.05) is 49.4 Å². The summed E-state index contributed by atoms with van der Waals surface area (Å²) in [4.78, 5) is 32.4. The summed E-state index contributed by atoms with van der Waals surface area (Å²) in [5.41, 5.74) is 4.00. The molecule has 0 aliphatic carbocycles. The molecule has 4 rings (SSSR count). The monoisotopic (exact) mass is 488 g/mol. The van der Waals surface area contributed by atoms with E-state index in [4.69, 9.17) is 4.42 Å². The molecular weight excluding hydrogens is 452 g/mol. The quantitative estimate of drug-likeness (QED) is 0.372. The van der Waals surface area contributed by atoms with E-state index in [-0.39, 0.29) is 18.2 Å². The van der Waals surface area contributed by atoms with Gasteiger partial charge in [-0.1, -0.05) is 55.7 Å². The maximum atomic E-state index is 13.1. The summed E-state index contributed by atoms with van der Waals surface area (Å²) in [6, 6.07) is 15.4. The predicted molar refractivity (Wildman–Crippen MR) is 143 cm³/mol. The van der Waals surface area contributed by atoms with Gasteiger partial charge in [-0.2, -0.15) is 0 Å². The summed E-state index contributed by atoms with van der Waals surface area (Å²) in [6.07, 6.45) is 7.05. The highest BCUT2D eigenvalue weighted by molar-refractivity contribution is 5.97. The van der Waals surface area contributed by atoms with E-state index in [1.165, 1.54) is 18.4 Å². The van der Waals surface area contributed by atoms with Crippen molar-refractivity contribution in [2.75, 3.05) is 23.3 Å². The molecule has 36 heavy (non-hydrogen) atoms. The molecule has 2 aromatic carbocycles. The highest BCUT2D eigenvalue weighted by Gasteiger charge is 2.21. The van der Waals surface area contributed by atoms with Crippen LogP contribution in [0.3, 0.4) is 0 Å². The molecule has 2 N–H and O–H groups in total. The number of rotatable bonds is 11. The minimum atomic E-state index is -0.583. The Labute approximate surface area is 213 Å². The number of nitrogens with one attached hydrogen (secondary N) is 2. The first-order valence-corrected chi connectivity index (χ1v) is 13.0. The predicted octanol–water partition coefficient (Wildman–Crippen LogP) is 5.50. The first-order valence-electron chi connectivity index (χ1n) is 13.0. The number of oxazole rings is 1. The van der Waals surface area contributed by atoms with Gasteiger partial charge in [0.25, 0.3) is 0 Å². The van der Waals surface area contributed by atoms with Crippen LogP contribution in [0.1, 0.15) is 56.9 Å². The zero-order valence-corrected chi connectivity index (χ0v) is 21.3. The van der Waals surface area contributed by atoms with Crippen LogP contribution in [0, 0.1) is 6.92 Å². The van der Waals surface area contributed by atoms with Crippen molar-refractivity contribution in [1.82, 2.24) is 10.3 Å². The fraction of sp³-hybridized carbons (Fsp3) is 0.414. The molecule has 3 aromatic rings. The topological polar surface area (TPSA) is 87.5 Å². The number of hydrogen-bond donors (Lipinski definition) is 2. The van der Waals surface area contributed by atoms with Gasteiger partial charge in [0.2, 0.25) is 11.8 Å². The van der Waals surface area contributed by atoms with E-state index in [0.717, 1.165) is 42.9 Å². The molecule has 2 heterocycles. The molecule has 0 saturated carbocycles. The van der Waals surface area contributed by atoms with Gasteiger partial charge in [-0.25, -0.2) is 4.98 Å². The molecule has 7 nitrogen and oxygen atoms in total. The Hall–Kier alpha value is -3.61. The van der Waals surface area contributed by atoms with Crippen molar-refractivity contribution in [1.29, 1.82) is 0 Å². The highest BCUT2D eigenvalue weighted by atomic mass is 16.4. The van der Waals surface area contributed by atoms with Crippen molar-refractivity contribution >= 4 is 23.2 Å². The number of unbranched alkanes of at least 4 members (excludes halogenated alkanes) is 1. The molecule has 190 valence electrons. The molecule has 0 spiro atoms. The average Bonchev–Trinajstić information content (AvgIpc) is 3.59. The molecule has 1 saturated heterocycles. The molecule has 0 radical (unpaired) electrons. The number of hydrogen-bond acceptors (Lipinski definition) is 5. The van der Waals surface area contributed by atoms with Gasteiger partial charge in [-0.15, -0.1) is 0 Å². The third kappa shape index (κ3) is 6.97. The molecule has 0 bridgehead atoms. The van der Waals surface area contributed by atoms with Gasteiger partial charge in [-0.05, 0) is 44.4 Å². The molecule has 1 aromatic heterocycles. The molecule has 1 aliphatic heterocycles. The van der Waals surface area contributed by atoms with E-state index < -0.39 is 6.04 Å². The second-order valence-corrected chi connectivity index (χ2v) is 9.48. The lowest BCUT2D eigenvalue weighted by molar-refractivity contribution is -0.126. The van der Waals surface area contributed by atoms with Crippen molar-refractivity contribution in [3.05, 3.63) is 66.2 Å². The molecular formula is C29H36N4O3. The minimum absolute atomic E-state index is 0.187. The number of anilines is 2. The Morgan fingerprint density at radius 3 is 2.64 bits per heavy atom. The van der Waals surface area contributed by atoms with Crippen LogP contribution in [-0.4, -0.2) is 35.9 Å².